The lowest BCUT2D eigenvalue weighted by Gasteiger charge is -2.26. The molecule has 0 spiro atoms. The third-order valence-electron chi connectivity index (χ3n) is 3.64. The number of hydrogen-bond donors (Lipinski definition) is 1. The standard InChI is InChI=1S/C13H21N3O2/c1-3-10(8-14)13(17)16-6-4-5-11(16)12-7-9(2)15-18-12/h7,10-11H,3-6,8,14H2,1-2H3. The molecule has 1 aliphatic rings. The zero-order chi connectivity index (χ0) is 13.1. The lowest BCUT2D eigenvalue weighted by atomic mass is 10.0. The van der Waals surface area contributed by atoms with Crippen LogP contribution in [-0.4, -0.2) is 29.1 Å². The molecule has 5 heteroatoms. The SMILES string of the molecule is CCC(CN)C(=O)N1CCCC1c1cc(C)no1. The molecule has 0 radical (unpaired) electrons. The summed E-state index contributed by atoms with van der Waals surface area (Å²) in [4.78, 5) is 14.3. The number of nitrogens with zero attached hydrogens (tertiary/aromatic N) is 2. The second-order valence-electron chi connectivity index (χ2n) is 4.90. The predicted molar refractivity (Wildman–Crippen MR) is 67.8 cm³/mol. The van der Waals surface area contributed by atoms with Gasteiger partial charge >= 0.3 is 0 Å². The lowest BCUT2D eigenvalue weighted by molar-refractivity contribution is -0.136. The van der Waals surface area contributed by atoms with Gasteiger partial charge in [-0.1, -0.05) is 12.1 Å². The van der Waals surface area contributed by atoms with E-state index in [1.807, 2.05) is 24.8 Å². The van der Waals surface area contributed by atoms with Crippen LogP contribution in [0, 0.1) is 12.8 Å². The number of rotatable bonds is 4. The number of hydrogen-bond acceptors (Lipinski definition) is 4. The topological polar surface area (TPSA) is 72.4 Å². The Morgan fingerprint density at radius 1 is 1.72 bits per heavy atom. The van der Waals surface area contributed by atoms with E-state index in [9.17, 15) is 4.79 Å². The van der Waals surface area contributed by atoms with Gasteiger partial charge < -0.3 is 15.2 Å². The molecule has 1 aromatic heterocycles. The van der Waals surface area contributed by atoms with Gasteiger partial charge in [0, 0.05) is 19.2 Å². The summed E-state index contributed by atoms with van der Waals surface area (Å²) >= 11 is 0. The summed E-state index contributed by atoms with van der Waals surface area (Å²) in [5.41, 5.74) is 6.51. The fourth-order valence-electron chi connectivity index (χ4n) is 2.54. The average Bonchev–Trinajstić information content (AvgIpc) is 2.98. The summed E-state index contributed by atoms with van der Waals surface area (Å²) in [6.45, 7) is 5.09. The van der Waals surface area contributed by atoms with Crippen LogP contribution in [0.3, 0.4) is 0 Å². The first-order valence-electron chi connectivity index (χ1n) is 6.61. The summed E-state index contributed by atoms with van der Waals surface area (Å²) < 4.78 is 5.30. The number of aryl methyl sites for hydroxylation is 1. The molecule has 18 heavy (non-hydrogen) atoms. The van der Waals surface area contributed by atoms with Crippen molar-refractivity contribution in [3.05, 3.63) is 17.5 Å². The molecule has 1 aliphatic heterocycles. The molecule has 0 aromatic carbocycles. The van der Waals surface area contributed by atoms with Crippen molar-refractivity contribution in [2.24, 2.45) is 11.7 Å². The molecule has 0 bridgehead atoms. The molecule has 2 N–H and O–H groups in total. The highest BCUT2D eigenvalue weighted by Gasteiger charge is 2.34. The third kappa shape index (κ3) is 2.41. The van der Waals surface area contributed by atoms with Gasteiger partial charge in [0.15, 0.2) is 5.76 Å². The van der Waals surface area contributed by atoms with Crippen LogP contribution < -0.4 is 5.73 Å². The molecule has 2 unspecified atom stereocenters. The molecule has 5 nitrogen and oxygen atoms in total. The fraction of sp³-hybridized carbons (Fsp3) is 0.692. The average molecular weight is 251 g/mol. The number of aromatic nitrogens is 1. The van der Waals surface area contributed by atoms with E-state index in [0.29, 0.717) is 6.54 Å². The first-order chi connectivity index (χ1) is 8.67. The highest BCUT2D eigenvalue weighted by molar-refractivity contribution is 5.79. The van der Waals surface area contributed by atoms with E-state index in [1.165, 1.54) is 0 Å². The molecule has 1 aromatic rings. The molecule has 1 amide bonds. The molecule has 2 rings (SSSR count). The van der Waals surface area contributed by atoms with E-state index in [2.05, 4.69) is 5.16 Å². The van der Waals surface area contributed by atoms with E-state index in [4.69, 9.17) is 10.3 Å². The molecule has 0 aliphatic carbocycles. The van der Waals surface area contributed by atoms with Crippen LogP contribution in [0.2, 0.25) is 0 Å². The Kier molecular flexibility index (Phi) is 4.01. The van der Waals surface area contributed by atoms with Crippen molar-refractivity contribution in [1.82, 2.24) is 10.1 Å². The number of nitrogens with two attached hydrogens (primary N) is 1. The first-order valence-corrected chi connectivity index (χ1v) is 6.61. The smallest absolute Gasteiger partial charge is 0.227 e. The largest absolute Gasteiger partial charge is 0.359 e. The quantitative estimate of drug-likeness (QED) is 0.882. The minimum atomic E-state index is -0.0744. The Labute approximate surface area is 107 Å². The second-order valence-corrected chi connectivity index (χ2v) is 4.90. The van der Waals surface area contributed by atoms with Crippen LogP contribution in [0.15, 0.2) is 10.6 Å². The van der Waals surface area contributed by atoms with Crippen molar-refractivity contribution in [2.75, 3.05) is 13.1 Å². The van der Waals surface area contributed by atoms with E-state index in [-0.39, 0.29) is 17.9 Å². The van der Waals surface area contributed by atoms with Crippen molar-refractivity contribution in [3.63, 3.8) is 0 Å². The fourth-order valence-corrected chi connectivity index (χ4v) is 2.54. The van der Waals surface area contributed by atoms with E-state index in [1.54, 1.807) is 0 Å². The third-order valence-corrected chi connectivity index (χ3v) is 3.64. The van der Waals surface area contributed by atoms with E-state index >= 15 is 0 Å². The Hall–Kier alpha value is -1.36. The summed E-state index contributed by atoms with van der Waals surface area (Å²) in [6, 6.07) is 1.96. The molecular weight excluding hydrogens is 230 g/mol. The molecule has 2 heterocycles. The Bertz CT molecular complexity index is 412. The molecular formula is C13H21N3O2. The zero-order valence-electron chi connectivity index (χ0n) is 11.1. The summed E-state index contributed by atoms with van der Waals surface area (Å²) in [7, 11) is 0. The van der Waals surface area contributed by atoms with Crippen molar-refractivity contribution in [1.29, 1.82) is 0 Å². The second kappa shape index (κ2) is 5.52. The molecule has 1 fully saturated rings. The highest BCUT2D eigenvalue weighted by Crippen LogP contribution is 2.33. The van der Waals surface area contributed by atoms with Gasteiger partial charge in [-0.15, -0.1) is 0 Å². The molecule has 2 atom stereocenters. The van der Waals surface area contributed by atoms with Crippen LogP contribution in [-0.2, 0) is 4.79 Å². The zero-order valence-corrected chi connectivity index (χ0v) is 11.1. The van der Waals surface area contributed by atoms with Gasteiger partial charge in [-0.3, -0.25) is 4.79 Å². The maximum atomic E-state index is 12.4. The Morgan fingerprint density at radius 3 is 3.06 bits per heavy atom. The van der Waals surface area contributed by atoms with Gasteiger partial charge in [0.05, 0.1) is 17.7 Å². The van der Waals surface area contributed by atoms with Crippen LogP contribution in [0.4, 0.5) is 0 Å². The van der Waals surface area contributed by atoms with Crippen molar-refractivity contribution < 1.29 is 9.32 Å². The normalized spacial score (nSPS) is 21.3. The summed E-state index contributed by atoms with van der Waals surface area (Å²) in [5.74, 6) is 0.872. The van der Waals surface area contributed by atoms with Crippen LogP contribution in [0.25, 0.3) is 0 Å². The predicted octanol–water partition coefficient (Wildman–Crippen LogP) is 1.63. The Morgan fingerprint density at radius 2 is 2.50 bits per heavy atom. The first kappa shape index (κ1) is 13.1. The molecule has 0 saturated carbocycles. The van der Waals surface area contributed by atoms with Gasteiger partial charge in [0.2, 0.25) is 5.91 Å². The maximum Gasteiger partial charge on any atom is 0.227 e. The van der Waals surface area contributed by atoms with Crippen LogP contribution in [0.1, 0.15) is 43.7 Å². The maximum absolute atomic E-state index is 12.4. The minimum absolute atomic E-state index is 0.0410. The van der Waals surface area contributed by atoms with Crippen LogP contribution >= 0.6 is 0 Å². The van der Waals surface area contributed by atoms with Gasteiger partial charge in [0.25, 0.3) is 0 Å². The summed E-state index contributed by atoms with van der Waals surface area (Å²) in [6.07, 6.45) is 2.74. The number of amides is 1. The monoisotopic (exact) mass is 251 g/mol. The van der Waals surface area contributed by atoms with Crippen molar-refractivity contribution in [2.45, 2.75) is 39.2 Å². The highest BCUT2D eigenvalue weighted by atomic mass is 16.5. The van der Waals surface area contributed by atoms with E-state index < -0.39 is 0 Å². The van der Waals surface area contributed by atoms with Crippen molar-refractivity contribution in [3.8, 4) is 0 Å². The lowest BCUT2D eigenvalue weighted by Crippen LogP contribution is -2.38. The van der Waals surface area contributed by atoms with Gasteiger partial charge in [-0.05, 0) is 26.2 Å². The molecule has 1 saturated heterocycles. The number of carbonyl (C=O) groups excluding carboxylic acids is 1. The Balaban J connectivity index is 2.14. The number of carbonyl (C=O) groups is 1. The summed E-state index contributed by atoms with van der Waals surface area (Å²) in [5, 5.41) is 3.90. The molecule has 100 valence electrons. The van der Waals surface area contributed by atoms with Crippen LogP contribution in [0.5, 0.6) is 0 Å². The van der Waals surface area contributed by atoms with E-state index in [0.717, 1.165) is 37.3 Å². The number of likely N-dealkylation sites (tertiary alicyclic amines) is 1. The van der Waals surface area contributed by atoms with Gasteiger partial charge in [-0.2, -0.15) is 0 Å². The van der Waals surface area contributed by atoms with Crippen molar-refractivity contribution >= 4 is 5.91 Å². The van der Waals surface area contributed by atoms with Gasteiger partial charge in [-0.25, -0.2) is 0 Å². The van der Waals surface area contributed by atoms with Gasteiger partial charge in [0.1, 0.15) is 0 Å². The minimum Gasteiger partial charge on any atom is -0.359 e.